The summed E-state index contributed by atoms with van der Waals surface area (Å²) in [5, 5.41) is 2.02. The fraction of sp³-hybridized carbons (Fsp3) is 0.100. The van der Waals surface area contributed by atoms with Gasteiger partial charge in [-0.25, -0.2) is 0 Å². The van der Waals surface area contributed by atoms with Crippen molar-refractivity contribution in [2.45, 2.75) is 5.41 Å². The highest BCUT2D eigenvalue weighted by Gasteiger charge is 2.53. The lowest BCUT2D eigenvalue weighted by molar-refractivity contribution is 0.0818. The number of Topliss-reactive ketones (excluding diaryl/α,β-unsaturated/α-hetero) is 2. The highest BCUT2D eigenvalue weighted by atomic mass is 127. The van der Waals surface area contributed by atoms with Gasteiger partial charge in [-0.3, -0.25) is 9.59 Å². The van der Waals surface area contributed by atoms with Crippen molar-refractivity contribution in [1.29, 1.82) is 0 Å². The van der Waals surface area contributed by atoms with Gasteiger partial charge in [0.05, 0.1) is 0 Å². The normalized spacial score (nSPS) is 15.9. The summed E-state index contributed by atoms with van der Waals surface area (Å²) in [7, 11) is 0. The molecule has 0 amide bonds. The third kappa shape index (κ3) is 1.86. The molecule has 1 aliphatic carbocycles. The van der Waals surface area contributed by atoms with E-state index in [0.29, 0.717) is 15.6 Å². The molecule has 4 rings (SSSR count). The maximum Gasteiger partial charge on any atom is 0.182 e. The van der Waals surface area contributed by atoms with Crippen LogP contribution in [0.5, 0.6) is 0 Å². The molecule has 0 bridgehead atoms. The number of rotatable bonds is 2. The highest BCUT2D eigenvalue weighted by molar-refractivity contribution is 14.1. The molecule has 112 valence electrons. The topological polar surface area (TPSA) is 34.1 Å². The molecule has 0 spiro atoms. The smallest absolute Gasteiger partial charge is 0.182 e. The zero-order chi connectivity index (χ0) is 16.0. The molecule has 23 heavy (non-hydrogen) atoms. The van der Waals surface area contributed by atoms with Gasteiger partial charge in [-0.15, -0.1) is 0 Å². The Morgan fingerprint density at radius 2 is 1.30 bits per heavy atom. The summed E-state index contributed by atoms with van der Waals surface area (Å²) in [6.45, 7) is 0. The predicted molar refractivity (Wildman–Crippen MR) is 99.6 cm³/mol. The number of fused-ring (bicyclic) bond motifs is 2. The van der Waals surface area contributed by atoms with E-state index in [4.69, 9.17) is 0 Å². The van der Waals surface area contributed by atoms with E-state index in [1.807, 2.05) is 54.6 Å². The van der Waals surface area contributed by atoms with Gasteiger partial charge >= 0.3 is 0 Å². The van der Waals surface area contributed by atoms with E-state index in [1.54, 1.807) is 12.1 Å². The van der Waals surface area contributed by atoms with Crippen molar-refractivity contribution in [1.82, 2.24) is 0 Å². The molecular formula is C20H13IO2. The van der Waals surface area contributed by atoms with Gasteiger partial charge in [-0.2, -0.15) is 0 Å². The van der Waals surface area contributed by atoms with Crippen LogP contribution in [0, 0.1) is 0 Å². The minimum absolute atomic E-state index is 0.0798. The second-order valence-corrected chi connectivity index (χ2v) is 6.53. The van der Waals surface area contributed by atoms with Crippen LogP contribution in [0.2, 0.25) is 0 Å². The molecular weight excluding hydrogens is 399 g/mol. The second-order valence-electron chi connectivity index (χ2n) is 5.77. The van der Waals surface area contributed by atoms with Crippen molar-refractivity contribution >= 4 is 44.9 Å². The predicted octanol–water partition coefficient (Wildman–Crippen LogP) is 4.59. The fourth-order valence-corrected chi connectivity index (χ4v) is 4.58. The van der Waals surface area contributed by atoms with Crippen LogP contribution in [0.15, 0.2) is 66.7 Å². The van der Waals surface area contributed by atoms with Crippen LogP contribution in [0.25, 0.3) is 10.8 Å². The van der Waals surface area contributed by atoms with E-state index in [0.717, 1.165) is 16.3 Å². The van der Waals surface area contributed by atoms with Gasteiger partial charge in [0.1, 0.15) is 5.41 Å². The molecule has 0 radical (unpaired) electrons. The van der Waals surface area contributed by atoms with E-state index >= 15 is 0 Å². The zero-order valence-corrected chi connectivity index (χ0v) is 14.4. The van der Waals surface area contributed by atoms with Gasteiger partial charge < -0.3 is 0 Å². The Labute approximate surface area is 147 Å². The minimum Gasteiger partial charge on any atom is -0.293 e. The molecule has 0 aliphatic heterocycles. The number of hydrogen-bond donors (Lipinski definition) is 0. The molecule has 0 fully saturated rings. The SMILES string of the molecule is O=C1c2ccccc2C(=O)C1(CI)c1cccc2ccccc12. The Balaban J connectivity index is 2.06. The maximum atomic E-state index is 13.2. The summed E-state index contributed by atoms with van der Waals surface area (Å²) in [4.78, 5) is 26.4. The van der Waals surface area contributed by atoms with Crippen LogP contribution in [0.4, 0.5) is 0 Å². The van der Waals surface area contributed by atoms with Crippen molar-refractivity contribution in [3.8, 4) is 0 Å². The fourth-order valence-electron chi connectivity index (χ4n) is 3.48. The first-order chi connectivity index (χ1) is 11.2. The number of benzene rings is 3. The third-order valence-electron chi connectivity index (χ3n) is 4.64. The van der Waals surface area contributed by atoms with E-state index in [2.05, 4.69) is 22.6 Å². The van der Waals surface area contributed by atoms with E-state index < -0.39 is 5.41 Å². The molecule has 0 atom stereocenters. The number of carbonyl (C=O) groups excluding carboxylic acids is 2. The van der Waals surface area contributed by atoms with Gasteiger partial charge in [0.2, 0.25) is 0 Å². The maximum absolute atomic E-state index is 13.2. The molecule has 0 aromatic heterocycles. The molecule has 0 saturated heterocycles. The molecule has 0 unspecified atom stereocenters. The Morgan fingerprint density at radius 3 is 1.96 bits per heavy atom. The monoisotopic (exact) mass is 412 g/mol. The van der Waals surface area contributed by atoms with Gasteiger partial charge in [0, 0.05) is 15.6 Å². The quantitative estimate of drug-likeness (QED) is 0.351. The first-order valence-corrected chi connectivity index (χ1v) is 8.95. The first-order valence-electron chi connectivity index (χ1n) is 7.43. The molecule has 3 aromatic rings. The Morgan fingerprint density at radius 1 is 0.739 bits per heavy atom. The third-order valence-corrected chi connectivity index (χ3v) is 5.79. The van der Waals surface area contributed by atoms with Crippen molar-refractivity contribution in [2.75, 3.05) is 4.43 Å². The standard InChI is InChI=1S/C20H13IO2/c21-12-20(17-11-5-7-13-6-1-2-8-14(13)17)18(22)15-9-3-4-10-16(15)19(20)23/h1-11H,12H2. The summed E-state index contributed by atoms with van der Waals surface area (Å²) in [6, 6.07) is 20.9. The van der Waals surface area contributed by atoms with Crippen LogP contribution < -0.4 is 0 Å². The van der Waals surface area contributed by atoms with Crippen LogP contribution in [0.3, 0.4) is 0 Å². The molecule has 0 saturated carbocycles. The summed E-state index contributed by atoms with van der Waals surface area (Å²) >= 11 is 2.17. The van der Waals surface area contributed by atoms with Crippen LogP contribution in [0.1, 0.15) is 26.3 Å². The molecule has 3 aromatic carbocycles. The lowest BCUT2D eigenvalue weighted by Crippen LogP contribution is -2.40. The number of ketones is 2. The largest absolute Gasteiger partial charge is 0.293 e. The Kier molecular flexibility index (Phi) is 3.34. The number of carbonyl (C=O) groups is 2. The van der Waals surface area contributed by atoms with E-state index in [1.165, 1.54) is 0 Å². The van der Waals surface area contributed by atoms with Crippen LogP contribution in [-0.2, 0) is 5.41 Å². The van der Waals surface area contributed by atoms with Gasteiger partial charge in [-0.1, -0.05) is 89.3 Å². The first kappa shape index (κ1) is 14.6. The van der Waals surface area contributed by atoms with Crippen molar-refractivity contribution in [3.05, 3.63) is 83.4 Å². The lowest BCUT2D eigenvalue weighted by atomic mass is 9.76. The van der Waals surface area contributed by atoms with Crippen molar-refractivity contribution < 1.29 is 9.59 Å². The zero-order valence-electron chi connectivity index (χ0n) is 12.3. The molecule has 0 N–H and O–H groups in total. The van der Waals surface area contributed by atoms with Crippen LogP contribution >= 0.6 is 22.6 Å². The van der Waals surface area contributed by atoms with Gasteiger partial charge in [0.25, 0.3) is 0 Å². The van der Waals surface area contributed by atoms with E-state index in [9.17, 15) is 9.59 Å². The van der Waals surface area contributed by atoms with E-state index in [-0.39, 0.29) is 11.6 Å². The Hall–Kier alpha value is -2.01. The summed E-state index contributed by atoms with van der Waals surface area (Å²) < 4.78 is 0.436. The second kappa shape index (κ2) is 5.27. The van der Waals surface area contributed by atoms with Crippen LogP contribution in [-0.4, -0.2) is 16.0 Å². The number of hydrogen-bond acceptors (Lipinski definition) is 2. The molecule has 1 aliphatic rings. The van der Waals surface area contributed by atoms with Crippen molar-refractivity contribution in [3.63, 3.8) is 0 Å². The minimum atomic E-state index is -1.11. The van der Waals surface area contributed by atoms with Gasteiger partial charge in [-0.05, 0) is 16.3 Å². The number of halogens is 1. The summed E-state index contributed by atoms with van der Waals surface area (Å²) in [5.41, 5.74) is 0.797. The van der Waals surface area contributed by atoms with Crippen molar-refractivity contribution in [2.24, 2.45) is 0 Å². The molecule has 0 heterocycles. The lowest BCUT2D eigenvalue weighted by Gasteiger charge is -2.25. The summed E-state index contributed by atoms with van der Waals surface area (Å²) in [5.74, 6) is -0.160. The highest BCUT2D eigenvalue weighted by Crippen LogP contribution is 2.43. The summed E-state index contributed by atoms with van der Waals surface area (Å²) in [6.07, 6.45) is 0. The molecule has 2 nitrogen and oxygen atoms in total. The van der Waals surface area contributed by atoms with Gasteiger partial charge in [0.15, 0.2) is 11.6 Å². The number of alkyl halides is 1. The molecule has 3 heteroatoms. The Bertz CT molecular complexity index is 918. The average molecular weight is 412 g/mol. The average Bonchev–Trinajstić information content (AvgIpc) is 2.83.